The zero-order valence-electron chi connectivity index (χ0n) is 12.3. The van der Waals surface area contributed by atoms with Gasteiger partial charge in [0, 0.05) is 17.8 Å². The van der Waals surface area contributed by atoms with Crippen LogP contribution < -0.4 is 11.1 Å². The van der Waals surface area contributed by atoms with E-state index < -0.39 is 6.04 Å². The van der Waals surface area contributed by atoms with E-state index in [-0.39, 0.29) is 5.91 Å². The first kappa shape index (κ1) is 14.8. The summed E-state index contributed by atoms with van der Waals surface area (Å²) in [6.45, 7) is 0. The van der Waals surface area contributed by atoms with Crippen molar-refractivity contribution in [2.45, 2.75) is 6.04 Å². The van der Waals surface area contributed by atoms with Crippen LogP contribution in [0, 0.1) is 0 Å². The third-order valence-corrected chi connectivity index (χ3v) is 5.03. The number of carbonyl (C=O) groups is 1. The van der Waals surface area contributed by atoms with Gasteiger partial charge in [-0.05, 0) is 5.56 Å². The van der Waals surface area contributed by atoms with Gasteiger partial charge in [-0.25, -0.2) is 4.98 Å². The van der Waals surface area contributed by atoms with Crippen molar-refractivity contribution in [2.24, 2.45) is 0 Å². The van der Waals surface area contributed by atoms with Crippen LogP contribution in [0.4, 0.5) is 5.13 Å². The summed E-state index contributed by atoms with van der Waals surface area (Å²) in [5.41, 5.74) is 6.96. The molecule has 120 valence electrons. The maximum atomic E-state index is 12.6. The lowest BCUT2D eigenvalue weighted by Gasteiger charge is -2.15. The minimum atomic E-state index is -0.423. The number of rotatable bonds is 4. The number of aromatic nitrogens is 4. The van der Waals surface area contributed by atoms with Gasteiger partial charge >= 0.3 is 0 Å². The third kappa shape index (κ3) is 2.74. The molecule has 0 fully saturated rings. The molecule has 4 rings (SSSR count). The molecule has 0 saturated heterocycles. The largest absolute Gasteiger partial charge is 0.374 e. The van der Waals surface area contributed by atoms with Gasteiger partial charge in [-0.1, -0.05) is 41.7 Å². The van der Waals surface area contributed by atoms with E-state index >= 15 is 0 Å². The highest BCUT2D eigenvalue weighted by molar-refractivity contribution is 7.15. The van der Waals surface area contributed by atoms with Gasteiger partial charge in [-0.15, -0.1) is 21.5 Å². The molecule has 3 aromatic heterocycles. The summed E-state index contributed by atoms with van der Waals surface area (Å²) in [6.07, 6.45) is 3.57. The van der Waals surface area contributed by atoms with Gasteiger partial charge in [0.05, 0.1) is 0 Å². The second-order valence-electron chi connectivity index (χ2n) is 5.01. The fourth-order valence-corrected chi connectivity index (χ4v) is 3.73. The van der Waals surface area contributed by atoms with Gasteiger partial charge in [0.25, 0.3) is 5.91 Å². The minimum Gasteiger partial charge on any atom is -0.374 e. The van der Waals surface area contributed by atoms with Crippen LogP contribution in [-0.4, -0.2) is 25.5 Å². The Morgan fingerprint density at radius 3 is 2.79 bits per heavy atom. The molecule has 1 amide bonds. The van der Waals surface area contributed by atoms with Crippen molar-refractivity contribution in [2.75, 3.05) is 5.73 Å². The van der Waals surface area contributed by atoms with Crippen molar-refractivity contribution in [3.63, 3.8) is 0 Å². The molecule has 1 aromatic carbocycles. The molecule has 3 N–H and O–H groups in total. The molecule has 0 aliphatic carbocycles. The maximum Gasteiger partial charge on any atom is 0.272 e. The molecular formula is C15H12N6OS2. The molecule has 0 aliphatic rings. The molecule has 0 spiro atoms. The van der Waals surface area contributed by atoms with E-state index in [0.29, 0.717) is 15.8 Å². The number of benzene rings is 1. The molecule has 0 aliphatic heterocycles. The lowest BCUT2D eigenvalue weighted by atomic mass is 10.1. The highest BCUT2D eigenvalue weighted by Gasteiger charge is 2.23. The predicted octanol–water partition coefficient (Wildman–Crippen LogP) is 2.35. The van der Waals surface area contributed by atoms with Crippen molar-refractivity contribution >= 4 is 38.7 Å². The normalized spacial score (nSPS) is 12.3. The number of fused-ring (bicyclic) bond motifs is 1. The Morgan fingerprint density at radius 1 is 1.25 bits per heavy atom. The molecule has 0 saturated carbocycles. The molecule has 0 unspecified atom stereocenters. The summed E-state index contributed by atoms with van der Waals surface area (Å²) in [6, 6.07) is 9.16. The lowest BCUT2D eigenvalue weighted by molar-refractivity contribution is 0.0938. The highest BCUT2D eigenvalue weighted by Crippen LogP contribution is 2.26. The predicted molar refractivity (Wildman–Crippen MR) is 93.1 cm³/mol. The summed E-state index contributed by atoms with van der Waals surface area (Å²) < 4.78 is 1.82. The fourth-order valence-electron chi connectivity index (χ4n) is 2.34. The van der Waals surface area contributed by atoms with E-state index in [1.54, 1.807) is 6.20 Å². The average Bonchev–Trinajstić information content (AvgIpc) is 3.29. The quantitative estimate of drug-likeness (QED) is 0.585. The standard InChI is InChI=1S/C15H12N6OS2/c16-14-20-19-13(24-14)11(9-4-2-1-3-5-9)18-12(22)10-8-21-6-7-23-15(21)17-10/h1-8,11H,(H2,16,20)(H,18,22)/t11-/m0/s1. The van der Waals surface area contributed by atoms with E-state index in [2.05, 4.69) is 20.5 Å². The van der Waals surface area contributed by atoms with E-state index in [9.17, 15) is 4.79 Å². The Balaban J connectivity index is 1.66. The molecule has 9 heteroatoms. The molecule has 1 atom stereocenters. The minimum absolute atomic E-state index is 0.270. The molecule has 4 aromatic rings. The number of hydrogen-bond acceptors (Lipinski definition) is 7. The molecule has 24 heavy (non-hydrogen) atoms. The van der Waals surface area contributed by atoms with E-state index in [0.717, 1.165) is 10.5 Å². The van der Waals surface area contributed by atoms with Crippen molar-refractivity contribution in [1.82, 2.24) is 24.9 Å². The number of nitrogens with two attached hydrogens (primary N) is 1. The zero-order chi connectivity index (χ0) is 16.5. The molecular weight excluding hydrogens is 344 g/mol. The number of amides is 1. The van der Waals surface area contributed by atoms with E-state index in [4.69, 9.17) is 5.73 Å². The molecule has 0 bridgehead atoms. The number of nitrogens with zero attached hydrogens (tertiary/aromatic N) is 4. The van der Waals surface area contributed by atoms with Crippen LogP contribution >= 0.6 is 22.7 Å². The molecule has 3 heterocycles. The smallest absolute Gasteiger partial charge is 0.272 e. The number of thiazole rings is 1. The van der Waals surface area contributed by atoms with Crippen LogP contribution in [0.5, 0.6) is 0 Å². The van der Waals surface area contributed by atoms with E-state index in [1.165, 1.54) is 22.7 Å². The van der Waals surface area contributed by atoms with Gasteiger partial charge < -0.3 is 11.1 Å². The number of hydrogen-bond donors (Lipinski definition) is 2. The van der Waals surface area contributed by atoms with Gasteiger partial charge in [0.15, 0.2) is 4.96 Å². The fraction of sp³-hybridized carbons (Fsp3) is 0.0667. The SMILES string of the molecule is Nc1nnc([C@@H](NC(=O)c2cn3ccsc3n2)c2ccccc2)s1. The summed E-state index contributed by atoms with van der Waals surface area (Å²) >= 11 is 2.73. The van der Waals surface area contributed by atoms with Crippen LogP contribution in [0.25, 0.3) is 4.96 Å². The van der Waals surface area contributed by atoms with Crippen LogP contribution in [0.15, 0.2) is 48.1 Å². The van der Waals surface area contributed by atoms with Gasteiger partial charge in [0.1, 0.15) is 16.7 Å². The van der Waals surface area contributed by atoms with Crippen molar-refractivity contribution < 1.29 is 4.79 Å². The van der Waals surface area contributed by atoms with Crippen molar-refractivity contribution in [3.05, 3.63) is 64.4 Å². The maximum absolute atomic E-state index is 12.6. The monoisotopic (exact) mass is 356 g/mol. The Bertz CT molecular complexity index is 961. The summed E-state index contributed by atoms with van der Waals surface area (Å²) in [5, 5.41) is 13.8. The summed E-state index contributed by atoms with van der Waals surface area (Å²) in [7, 11) is 0. The third-order valence-electron chi connectivity index (χ3n) is 3.44. The Morgan fingerprint density at radius 2 is 2.08 bits per heavy atom. The number of nitrogens with one attached hydrogen (secondary N) is 1. The first-order valence-corrected chi connectivity index (χ1v) is 8.77. The Labute approximate surface area is 144 Å². The average molecular weight is 356 g/mol. The number of imidazole rings is 1. The second kappa shape index (κ2) is 6.02. The number of anilines is 1. The first-order chi connectivity index (χ1) is 11.7. The summed E-state index contributed by atoms with van der Waals surface area (Å²) in [5.74, 6) is -0.270. The molecule has 7 nitrogen and oxygen atoms in total. The summed E-state index contributed by atoms with van der Waals surface area (Å²) in [4.78, 5) is 17.7. The lowest BCUT2D eigenvalue weighted by Crippen LogP contribution is -2.29. The highest BCUT2D eigenvalue weighted by atomic mass is 32.1. The first-order valence-electron chi connectivity index (χ1n) is 7.07. The van der Waals surface area contributed by atoms with Crippen LogP contribution in [0.1, 0.15) is 27.1 Å². The van der Waals surface area contributed by atoms with Gasteiger partial charge in [-0.2, -0.15) is 0 Å². The van der Waals surface area contributed by atoms with Crippen molar-refractivity contribution in [1.29, 1.82) is 0 Å². The van der Waals surface area contributed by atoms with Gasteiger partial charge in [0.2, 0.25) is 5.13 Å². The second-order valence-corrected chi connectivity index (χ2v) is 6.93. The van der Waals surface area contributed by atoms with Crippen molar-refractivity contribution in [3.8, 4) is 0 Å². The van der Waals surface area contributed by atoms with Crippen LogP contribution in [0.2, 0.25) is 0 Å². The molecule has 0 radical (unpaired) electrons. The number of nitrogen functional groups attached to an aromatic ring is 1. The topological polar surface area (TPSA) is 98.2 Å². The zero-order valence-corrected chi connectivity index (χ0v) is 13.9. The van der Waals surface area contributed by atoms with E-state index in [1.807, 2.05) is 46.3 Å². The van der Waals surface area contributed by atoms with Crippen LogP contribution in [0.3, 0.4) is 0 Å². The van der Waals surface area contributed by atoms with Crippen LogP contribution in [-0.2, 0) is 0 Å². The van der Waals surface area contributed by atoms with Gasteiger partial charge in [-0.3, -0.25) is 9.20 Å². The number of carbonyl (C=O) groups excluding carboxylic acids is 1. The Kier molecular flexibility index (Phi) is 3.71. The Hall–Kier alpha value is -2.78.